The number of ether oxygens (including phenoxy) is 1. The molecule has 22 heavy (non-hydrogen) atoms. The Morgan fingerprint density at radius 1 is 1.27 bits per heavy atom. The van der Waals surface area contributed by atoms with Crippen LogP contribution in [0.15, 0.2) is 47.9 Å². The Balaban J connectivity index is 2.02. The molecule has 5 heteroatoms. The van der Waals surface area contributed by atoms with Crippen LogP contribution in [0.2, 0.25) is 0 Å². The van der Waals surface area contributed by atoms with E-state index >= 15 is 0 Å². The summed E-state index contributed by atoms with van der Waals surface area (Å²) < 4.78 is 5.15. The van der Waals surface area contributed by atoms with Gasteiger partial charge < -0.3 is 10.1 Å². The maximum Gasteiger partial charge on any atom is 0.242 e. The van der Waals surface area contributed by atoms with Crippen molar-refractivity contribution in [2.45, 2.75) is 5.92 Å². The number of carbonyl (C=O) groups is 1. The van der Waals surface area contributed by atoms with Crippen molar-refractivity contribution in [3.05, 3.63) is 58.3 Å². The number of nitriles is 1. The number of nitrogens with one attached hydrogen (secondary N) is 1. The Morgan fingerprint density at radius 3 is 2.64 bits per heavy atom. The first-order valence-corrected chi connectivity index (χ1v) is 7.71. The Kier molecular flexibility index (Phi) is 3.94. The number of nitrogens with zero attached hydrogens (tertiary/aromatic N) is 1. The molecule has 0 saturated carbocycles. The van der Waals surface area contributed by atoms with Crippen LogP contribution in [-0.2, 0) is 4.79 Å². The molecule has 110 valence electrons. The van der Waals surface area contributed by atoms with Gasteiger partial charge >= 0.3 is 0 Å². The van der Waals surface area contributed by atoms with Crippen molar-refractivity contribution in [3.63, 3.8) is 0 Å². The van der Waals surface area contributed by atoms with Crippen LogP contribution in [0.25, 0.3) is 5.70 Å². The molecule has 1 amide bonds. The van der Waals surface area contributed by atoms with Gasteiger partial charge in [0.25, 0.3) is 0 Å². The number of hydrogen-bond acceptors (Lipinski definition) is 4. The number of allylic oxidation sites excluding steroid dienone is 1. The highest BCUT2D eigenvalue weighted by molar-refractivity contribution is 7.11. The van der Waals surface area contributed by atoms with E-state index in [-0.39, 0.29) is 11.8 Å². The van der Waals surface area contributed by atoms with E-state index in [0.29, 0.717) is 0 Å². The number of rotatable bonds is 3. The lowest BCUT2D eigenvalue weighted by atomic mass is 9.83. The summed E-state index contributed by atoms with van der Waals surface area (Å²) in [5, 5.41) is 14.1. The third-order valence-electron chi connectivity index (χ3n) is 3.67. The Morgan fingerprint density at radius 2 is 2.05 bits per heavy atom. The SMILES string of the molecule is COc1ccc([C@@H]2C=C(c3cccs3)NC(=O)[C@@H]2C#N)cc1. The molecular weight excluding hydrogens is 296 g/mol. The van der Waals surface area contributed by atoms with Crippen molar-refractivity contribution < 1.29 is 9.53 Å². The summed E-state index contributed by atoms with van der Waals surface area (Å²) in [5.41, 5.74) is 1.70. The quantitative estimate of drug-likeness (QED) is 0.947. The van der Waals surface area contributed by atoms with E-state index in [0.717, 1.165) is 21.9 Å². The molecule has 1 aliphatic heterocycles. The van der Waals surface area contributed by atoms with Crippen LogP contribution >= 0.6 is 11.3 Å². The zero-order chi connectivity index (χ0) is 15.5. The predicted octanol–water partition coefficient (Wildman–Crippen LogP) is 3.15. The first kappa shape index (κ1) is 14.4. The summed E-state index contributed by atoms with van der Waals surface area (Å²) in [6, 6.07) is 13.5. The molecule has 1 aromatic carbocycles. The summed E-state index contributed by atoms with van der Waals surface area (Å²) >= 11 is 1.56. The van der Waals surface area contributed by atoms with Crippen LogP contribution in [0.4, 0.5) is 0 Å². The Labute approximate surface area is 132 Å². The molecule has 2 atom stereocenters. The zero-order valence-corrected chi connectivity index (χ0v) is 12.8. The topological polar surface area (TPSA) is 62.1 Å². The molecule has 0 spiro atoms. The second-order valence-electron chi connectivity index (χ2n) is 4.95. The summed E-state index contributed by atoms with van der Waals surface area (Å²) in [5.74, 6) is -0.493. The largest absolute Gasteiger partial charge is 0.497 e. The van der Waals surface area contributed by atoms with Crippen LogP contribution in [-0.4, -0.2) is 13.0 Å². The van der Waals surface area contributed by atoms with Crippen molar-refractivity contribution >= 4 is 22.9 Å². The maximum absolute atomic E-state index is 12.2. The monoisotopic (exact) mass is 310 g/mol. The lowest BCUT2D eigenvalue weighted by Crippen LogP contribution is -2.36. The molecule has 0 radical (unpaired) electrons. The molecule has 2 aromatic rings. The molecule has 0 saturated heterocycles. The molecule has 1 aliphatic rings. The molecule has 1 N–H and O–H groups in total. The second kappa shape index (κ2) is 6.04. The molecule has 1 aromatic heterocycles. The van der Waals surface area contributed by atoms with Gasteiger partial charge in [0.15, 0.2) is 0 Å². The molecular formula is C17H14N2O2S. The average molecular weight is 310 g/mol. The van der Waals surface area contributed by atoms with E-state index in [9.17, 15) is 10.1 Å². The Hall–Kier alpha value is -2.58. The standard InChI is InChI=1S/C17H14N2O2S/c1-21-12-6-4-11(5-7-12)13-9-15(16-3-2-8-22-16)19-17(20)14(13)10-18/h2-9,13-14H,1H3,(H,19,20)/t13-,14+/m0/s1. The van der Waals surface area contributed by atoms with Gasteiger partial charge in [0.05, 0.1) is 23.8 Å². The van der Waals surface area contributed by atoms with Crippen LogP contribution in [0.5, 0.6) is 5.75 Å². The van der Waals surface area contributed by atoms with Gasteiger partial charge in [-0.1, -0.05) is 24.3 Å². The van der Waals surface area contributed by atoms with Crippen molar-refractivity contribution in [2.24, 2.45) is 5.92 Å². The smallest absolute Gasteiger partial charge is 0.242 e. The molecule has 0 fully saturated rings. The molecule has 2 heterocycles. The fourth-order valence-corrected chi connectivity index (χ4v) is 3.23. The third kappa shape index (κ3) is 2.61. The summed E-state index contributed by atoms with van der Waals surface area (Å²) in [6.45, 7) is 0. The lowest BCUT2D eigenvalue weighted by Gasteiger charge is -2.26. The fraction of sp³-hybridized carbons (Fsp3) is 0.176. The van der Waals surface area contributed by atoms with Crippen LogP contribution in [0, 0.1) is 17.2 Å². The number of carbonyl (C=O) groups excluding carboxylic acids is 1. The molecule has 0 aliphatic carbocycles. The van der Waals surface area contributed by atoms with Crippen LogP contribution < -0.4 is 10.1 Å². The lowest BCUT2D eigenvalue weighted by molar-refractivity contribution is -0.122. The third-order valence-corrected chi connectivity index (χ3v) is 4.58. The minimum Gasteiger partial charge on any atom is -0.497 e. The molecule has 0 unspecified atom stereocenters. The van der Waals surface area contributed by atoms with Crippen LogP contribution in [0.3, 0.4) is 0 Å². The average Bonchev–Trinajstić information content (AvgIpc) is 3.08. The van der Waals surface area contributed by atoms with Gasteiger partial charge in [0.2, 0.25) is 5.91 Å². The van der Waals surface area contributed by atoms with Crippen molar-refractivity contribution in [2.75, 3.05) is 7.11 Å². The summed E-state index contributed by atoms with van der Waals surface area (Å²) in [7, 11) is 1.61. The number of benzene rings is 1. The van der Waals surface area contributed by atoms with E-state index in [1.165, 1.54) is 0 Å². The number of thiophene rings is 1. The maximum atomic E-state index is 12.2. The number of methoxy groups -OCH3 is 1. The molecule has 3 rings (SSSR count). The van der Waals surface area contributed by atoms with E-state index in [1.807, 2.05) is 47.9 Å². The Bertz CT molecular complexity index is 742. The minimum absolute atomic E-state index is 0.255. The number of hydrogen-bond donors (Lipinski definition) is 1. The summed E-state index contributed by atoms with van der Waals surface area (Å²) in [4.78, 5) is 13.2. The van der Waals surface area contributed by atoms with Crippen molar-refractivity contribution in [1.82, 2.24) is 5.32 Å². The number of amides is 1. The van der Waals surface area contributed by atoms with Gasteiger partial charge in [0.1, 0.15) is 11.7 Å². The van der Waals surface area contributed by atoms with E-state index < -0.39 is 5.92 Å². The van der Waals surface area contributed by atoms with Gasteiger partial charge in [-0.25, -0.2) is 0 Å². The van der Waals surface area contributed by atoms with E-state index in [1.54, 1.807) is 18.4 Å². The van der Waals surface area contributed by atoms with Crippen molar-refractivity contribution in [1.29, 1.82) is 5.26 Å². The van der Waals surface area contributed by atoms with Gasteiger partial charge in [-0.15, -0.1) is 11.3 Å². The first-order chi connectivity index (χ1) is 10.7. The second-order valence-corrected chi connectivity index (χ2v) is 5.90. The zero-order valence-electron chi connectivity index (χ0n) is 11.9. The van der Waals surface area contributed by atoms with Crippen LogP contribution in [0.1, 0.15) is 16.4 Å². The van der Waals surface area contributed by atoms with Gasteiger partial charge in [-0.05, 0) is 29.1 Å². The first-order valence-electron chi connectivity index (χ1n) is 6.83. The molecule has 0 bridgehead atoms. The predicted molar refractivity (Wildman–Crippen MR) is 85.3 cm³/mol. The van der Waals surface area contributed by atoms with Crippen molar-refractivity contribution in [3.8, 4) is 11.8 Å². The van der Waals surface area contributed by atoms with Gasteiger partial charge in [-0.3, -0.25) is 4.79 Å². The van der Waals surface area contributed by atoms with E-state index in [2.05, 4.69) is 11.4 Å². The minimum atomic E-state index is -0.725. The highest BCUT2D eigenvalue weighted by atomic mass is 32.1. The fourth-order valence-electron chi connectivity index (χ4n) is 2.52. The summed E-state index contributed by atoms with van der Waals surface area (Å²) in [6.07, 6.45) is 1.96. The molecule has 4 nitrogen and oxygen atoms in total. The van der Waals surface area contributed by atoms with Gasteiger partial charge in [0, 0.05) is 5.92 Å². The highest BCUT2D eigenvalue weighted by Gasteiger charge is 2.33. The van der Waals surface area contributed by atoms with Gasteiger partial charge in [-0.2, -0.15) is 5.26 Å². The normalized spacial score (nSPS) is 20.7. The van der Waals surface area contributed by atoms with E-state index in [4.69, 9.17) is 4.74 Å². The highest BCUT2D eigenvalue weighted by Crippen LogP contribution is 2.34.